The van der Waals surface area contributed by atoms with Gasteiger partial charge in [0.05, 0.1) is 5.25 Å². The normalized spacial score (nSPS) is 16.8. The number of hydrogen-bond acceptors (Lipinski definition) is 3. The van der Waals surface area contributed by atoms with Gasteiger partial charge in [0.15, 0.2) is 0 Å². The highest BCUT2D eigenvalue weighted by Gasteiger charge is 2.28. The van der Waals surface area contributed by atoms with Crippen molar-refractivity contribution in [3.8, 4) is 0 Å². The fourth-order valence-electron chi connectivity index (χ4n) is 2.37. The van der Waals surface area contributed by atoms with Crippen molar-refractivity contribution in [2.24, 2.45) is 0 Å². The summed E-state index contributed by atoms with van der Waals surface area (Å²) < 4.78 is 0. The molecule has 1 unspecified atom stereocenters. The summed E-state index contributed by atoms with van der Waals surface area (Å²) in [7, 11) is 0. The Hall–Kier alpha value is -1.94. The zero-order chi connectivity index (χ0) is 14.1. The second kappa shape index (κ2) is 5.21. The van der Waals surface area contributed by atoms with Gasteiger partial charge in [0.25, 0.3) is 0 Å². The number of carbonyl (C=O) groups is 1. The number of rotatable bonds is 2. The largest absolute Gasteiger partial charge is 0.399 e. The van der Waals surface area contributed by atoms with E-state index in [0.717, 1.165) is 17.7 Å². The van der Waals surface area contributed by atoms with E-state index in [9.17, 15) is 4.79 Å². The number of hydrogen-bond donors (Lipinski definition) is 2. The first-order chi connectivity index (χ1) is 9.63. The van der Waals surface area contributed by atoms with E-state index in [1.54, 1.807) is 17.8 Å². The third kappa shape index (κ3) is 2.51. The van der Waals surface area contributed by atoms with Crippen LogP contribution in [0.25, 0.3) is 0 Å². The van der Waals surface area contributed by atoms with Crippen LogP contribution in [-0.4, -0.2) is 11.2 Å². The first kappa shape index (κ1) is 13.1. The van der Waals surface area contributed by atoms with Gasteiger partial charge in [-0.3, -0.25) is 4.79 Å². The molecule has 102 valence electrons. The SMILES string of the molecule is Cc1cc(N)ccc1NC(=O)C1Cc2ccccc2S1. The molecule has 3 rings (SSSR count). The van der Waals surface area contributed by atoms with Crippen LogP contribution in [0.15, 0.2) is 47.4 Å². The number of aryl methyl sites for hydroxylation is 1. The van der Waals surface area contributed by atoms with Crippen LogP contribution in [0.4, 0.5) is 11.4 Å². The molecule has 1 amide bonds. The highest BCUT2D eigenvalue weighted by atomic mass is 32.2. The molecule has 0 saturated carbocycles. The van der Waals surface area contributed by atoms with E-state index in [0.29, 0.717) is 5.69 Å². The molecule has 1 aliphatic heterocycles. The van der Waals surface area contributed by atoms with Gasteiger partial charge in [0.1, 0.15) is 0 Å². The van der Waals surface area contributed by atoms with Crippen molar-refractivity contribution in [1.29, 1.82) is 0 Å². The molecule has 0 bridgehead atoms. The van der Waals surface area contributed by atoms with Crippen molar-refractivity contribution in [3.05, 3.63) is 53.6 Å². The molecular formula is C16H16N2OS. The molecule has 20 heavy (non-hydrogen) atoms. The maximum Gasteiger partial charge on any atom is 0.238 e. The number of anilines is 2. The minimum atomic E-state index is -0.0515. The Morgan fingerprint density at radius 3 is 2.85 bits per heavy atom. The molecule has 1 atom stereocenters. The summed E-state index contributed by atoms with van der Waals surface area (Å²) in [5.74, 6) is 0.0547. The van der Waals surface area contributed by atoms with Crippen LogP contribution in [-0.2, 0) is 11.2 Å². The molecule has 0 aliphatic carbocycles. The third-order valence-electron chi connectivity index (χ3n) is 3.45. The van der Waals surface area contributed by atoms with E-state index in [1.807, 2.05) is 31.2 Å². The Kier molecular flexibility index (Phi) is 3.40. The average molecular weight is 284 g/mol. The number of fused-ring (bicyclic) bond motifs is 1. The van der Waals surface area contributed by atoms with Crippen molar-refractivity contribution < 1.29 is 4.79 Å². The first-order valence-electron chi connectivity index (χ1n) is 6.55. The molecule has 0 aromatic heterocycles. The monoisotopic (exact) mass is 284 g/mol. The van der Waals surface area contributed by atoms with Gasteiger partial charge in [-0.05, 0) is 48.7 Å². The van der Waals surface area contributed by atoms with Gasteiger partial charge in [0, 0.05) is 16.3 Å². The highest BCUT2D eigenvalue weighted by molar-refractivity contribution is 8.01. The summed E-state index contributed by atoms with van der Waals surface area (Å²) in [4.78, 5) is 13.6. The number of nitrogens with two attached hydrogens (primary N) is 1. The lowest BCUT2D eigenvalue weighted by atomic mass is 10.1. The number of benzene rings is 2. The van der Waals surface area contributed by atoms with Crippen molar-refractivity contribution in [2.75, 3.05) is 11.1 Å². The Morgan fingerprint density at radius 2 is 2.10 bits per heavy atom. The Morgan fingerprint density at radius 1 is 1.30 bits per heavy atom. The Labute approximate surface area is 122 Å². The topological polar surface area (TPSA) is 55.1 Å². The van der Waals surface area contributed by atoms with Gasteiger partial charge in [-0.25, -0.2) is 0 Å². The smallest absolute Gasteiger partial charge is 0.238 e. The molecule has 0 radical (unpaired) electrons. The standard InChI is InChI=1S/C16H16N2OS/c1-10-8-12(17)6-7-13(10)18-16(19)15-9-11-4-2-3-5-14(11)20-15/h2-8,15H,9,17H2,1H3,(H,18,19). The Balaban J connectivity index is 1.72. The zero-order valence-corrected chi connectivity index (χ0v) is 12.0. The summed E-state index contributed by atoms with van der Waals surface area (Å²) in [5.41, 5.74) is 9.51. The minimum absolute atomic E-state index is 0.0515. The van der Waals surface area contributed by atoms with Crippen molar-refractivity contribution in [1.82, 2.24) is 0 Å². The van der Waals surface area contributed by atoms with Gasteiger partial charge in [0.2, 0.25) is 5.91 Å². The zero-order valence-electron chi connectivity index (χ0n) is 11.2. The summed E-state index contributed by atoms with van der Waals surface area (Å²) >= 11 is 1.64. The van der Waals surface area contributed by atoms with Gasteiger partial charge in [-0.15, -0.1) is 11.8 Å². The first-order valence-corrected chi connectivity index (χ1v) is 7.43. The molecule has 0 fully saturated rings. The summed E-state index contributed by atoms with van der Waals surface area (Å²) in [6.45, 7) is 1.95. The lowest BCUT2D eigenvalue weighted by molar-refractivity contribution is -0.115. The highest BCUT2D eigenvalue weighted by Crippen LogP contribution is 2.37. The summed E-state index contributed by atoms with van der Waals surface area (Å²) in [6, 6.07) is 13.7. The van der Waals surface area contributed by atoms with Crippen LogP contribution in [0.3, 0.4) is 0 Å². The lowest BCUT2D eigenvalue weighted by Crippen LogP contribution is -2.25. The fraction of sp³-hybridized carbons (Fsp3) is 0.188. The van der Waals surface area contributed by atoms with Gasteiger partial charge in [-0.2, -0.15) is 0 Å². The van der Waals surface area contributed by atoms with Crippen molar-refractivity contribution >= 4 is 29.0 Å². The fourth-order valence-corrected chi connectivity index (χ4v) is 3.56. The van der Waals surface area contributed by atoms with E-state index in [1.165, 1.54) is 10.5 Å². The molecule has 2 aromatic rings. The van der Waals surface area contributed by atoms with E-state index < -0.39 is 0 Å². The number of amides is 1. The predicted molar refractivity (Wildman–Crippen MR) is 84.0 cm³/mol. The maximum atomic E-state index is 12.4. The molecule has 3 nitrogen and oxygen atoms in total. The molecular weight excluding hydrogens is 268 g/mol. The van der Waals surface area contributed by atoms with Crippen molar-refractivity contribution in [2.45, 2.75) is 23.5 Å². The van der Waals surface area contributed by atoms with Crippen LogP contribution < -0.4 is 11.1 Å². The number of nitrogens with one attached hydrogen (secondary N) is 1. The quantitative estimate of drug-likeness (QED) is 0.832. The molecule has 3 N–H and O–H groups in total. The summed E-state index contributed by atoms with van der Waals surface area (Å²) in [5, 5.41) is 2.95. The molecule has 0 saturated heterocycles. The number of nitrogen functional groups attached to an aromatic ring is 1. The molecule has 2 aromatic carbocycles. The average Bonchev–Trinajstić information content (AvgIpc) is 2.86. The van der Waals surface area contributed by atoms with Crippen LogP contribution >= 0.6 is 11.8 Å². The predicted octanol–water partition coefficient (Wildman–Crippen LogP) is 3.23. The molecule has 1 heterocycles. The van der Waals surface area contributed by atoms with E-state index >= 15 is 0 Å². The molecule has 0 spiro atoms. The maximum absolute atomic E-state index is 12.4. The van der Waals surface area contributed by atoms with Gasteiger partial charge < -0.3 is 11.1 Å². The third-order valence-corrected chi connectivity index (χ3v) is 4.77. The molecule has 4 heteroatoms. The van der Waals surface area contributed by atoms with Gasteiger partial charge >= 0.3 is 0 Å². The van der Waals surface area contributed by atoms with Crippen LogP contribution in [0.2, 0.25) is 0 Å². The number of thioether (sulfide) groups is 1. The van der Waals surface area contributed by atoms with E-state index in [4.69, 9.17) is 5.73 Å². The van der Waals surface area contributed by atoms with E-state index in [2.05, 4.69) is 17.4 Å². The van der Waals surface area contributed by atoms with Crippen LogP contribution in [0, 0.1) is 6.92 Å². The Bertz CT molecular complexity index is 644. The number of carbonyl (C=O) groups excluding carboxylic acids is 1. The minimum Gasteiger partial charge on any atom is -0.399 e. The second-order valence-corrected chi connectivity index (χ2v) is 6.23. The summed E-state index contributed by atoms with van der Waals surface area (Å²) in [6.07, 6.45) is 0.792. The van der Waals surface area contributed by atoms with Gasteiger partial charge in [-0.1, -0.05) is 18.2 Å². The second-order valence-electron chi connectivity index (χ2n) is 4.98. The lowest BCUT2D eigenvalue weighted by Gasteiger charge is -2.12. The van der Waals surface area contributed by atoms with Crippen LogP contribution in [0.5, 0.6) is 0 Å². The van der Waals surface area contributed by atoms with Crippen molar-refractivity contribution in [3.63, 3.8) is 0 Å². The molecule has 1 aliphatic rings. The van der Waals surface area contributed by atoms with Crippen LogP contribution in [0.1, 0.15) is 11.1 Å². The van der Waals surface area contributed by atoms with E-state index in [-0.39, 0.29) is 11.2 Å².